The second-order valence-electron chi connectivity index (χ2n) is 4.39. The summed E-state index contributed by atoms with van der Waals surface area (Å²) in [4.78, 5) is 25.9. The van der Waals surface area contributed by atoms with Crippen molar-refractivity contribution in [1.82, 2.24) is 9.80 Å². The molecule has 1 heterocycles. The molecule has 0 spiro atoms. The Bertz CT molecular complexity index is 283. The van der Waals surface area contributed by atoms with Crippen LogP contribution in [0.3, 0.4) is 0 Å². The van der Waals surface area contributed by atoms with Crippen LogP contribution in [0.4, 0.5) is 0 Å². The predicted molar refractivity (Wildman–Crippen MR) is 63.5 cm³/mol. The quantitative estimate of drug-likeness (QED) is 0.669. The minimum absolute atomic E-state index is 0.0706. The first-order chi connectivity index (χ1) is 8.04. The van der Waals surface area contributed by atoms with Gasteiger partial charge in [-0.2, -0.15) is 0 Å². The molecule has 1 amide bonds. The lowest BCUT2D eigenvalue weighted by atomic mass is 10.1. The van der Waals surface area contributed by atoms with E-state index in [1.165, 1.54) is 0 Å². The summed E-state index contributed by atoms with van der Waals surface area (Å²) in [6.45, 7) is 4.96. The number of primary amides is 1. The van der Waals surface area contributed by atoms with Crippen molar-refractivity contribution < 1.29 is 14.7 Å². The normalized spacial score (nSPS) is 20.8. The molecule has 1 saturated heterocycles. The van der Waals surface area contributed by atoms with Gasteiger partial charge in [0.25, 0.3) is 0 Å². The Balaban J connectivity index is 2.51. The van der Waals surface area contributed by atoms with Gasteiger partial charge in [-0.15, -0.1) is 0 Å². The molecule has 0 bridgehead atoms. The van der Waals surface area contributed by atoms with Crippen LogP contribution >= 0.6 is 0 Å². The number of nitrogens with two attached hydrogens (primary N) is 1. The molecule has 0 aromatic rings. The number of carbonyl (C=O) groups excluding carboxylic acids is 1. The molecule has 0 aromatic heterocycles. The van der Waals surface area contributed by atoms with Gasteiger partial charge in [0.2, 0.25) is 5.91 Å². The summed E-state index contributed by atoms with van der Waals surface area (Å²) in [6, 6.07) is -0.222. The van der Waals surface area contributed by atoms with Crippen molar-refractivity contribution in [3.8, 4) is 0 Å². The SMILES string of the molecule is CCC(C(N)=O)N1CCCN(CC(=O)O)CC1. The molecule has 17 heavy (non-hydrogen) atoms. The van der Waals surface area contributed by atoms with Gasteiger partial charge in [-0.3, -0.25) is 19.4 Å². The number of hydrogen-bond donors (Lipinski definition) is 2. The van der Waals surface area contributed by atoms with Crippen molar-refractivity contribution in [2.24, 2.45) is 5.73 Å². The average molecular weight is 243 g/mol. The molecular weight excluding hydrogens is 222 g/mol. The number of carbonyl (C=O) groups is 2. The Morgan fingerprint density at radius 1 is 1.29 bits per heavy atom. The van der Waals surface area contributed by atoms with E-state index in [-0.39, 0.29) is 18.5 Å². The standard InChI is InChI=1S/C11H21N3O3/c1-2-9(11(12)17)14-5-3-4-13(6-7-14)8-10(15)16/h9H,2-8H2,1H3,(H2,12,17)(H,15,16). The lowest BCUT2D eigenvalue weighted by Crippen LogP contribution is -2.46. The van der Waals surface area contributed by atoms with Crippen LogP contribution in [0.5, 0.6) is 0 Å². The van der Waals surface area contributed by atoms with Gasteiger partial charge in [-0.25, -0.2) is 0 Å². The van der Waals surface area contributed by atoms with Crippen LogP contribution in [0, 0.1) is 0 Å². The highest BCUT2D eigenvalue weighted by molar-refractivity contribution is 5.79. The second kappa shape index (κ2) is 6.56. The van der Waals surface area contributed by atoms with Crippen LogP contribution in [0.25, 0.3) is 0 Å². The Kier molecular flexibility index (Phi) is 5.37. The fourth-order valence-corrected chi connectivity index (χ4v) is 2.29. The highest BCUT2D eigenvalue weighted by atomic mass is 16.4. The third-order valence-corrected chi connectivity index (χ3v) is 3.14. The van der Waals surface area contributed by atoms with Crippen molar-refractivity contribution in [2.45, 2.75) is 25.8 Å². The van der Waals surface area contributed by atoms with E-state index in [4.69, 9.17) is 10.8 Å². The van der Waals surface area contributed by atoms with E-state index in [1.54, 1.807) is 0 Å². The number of nitrogens with zero attached hydrogens (tertiary/aromatic N) is 2. The summed E-state index contributed by atoms with van der Waals surface area (Å²) in [6.07, 6.45) is 1.57. The molecule has 6 nitrogen and oxygen atoms in total. The van der Waals surface area contributed by atoms with Gasteiger partial charge in [-0.1, -0.05) is 6.92 Å². The first kappa shape index (κ1) is 13.9. The zero-order chi connectivity index (χ0) is 12.8. The van der Waals surface area contributed by atoms with Gasteiger partial charge < -0.3 is 10.8 Å². The Morgan fingerprint density at radius 3 is 2.53 bits per heavy atom. The zero-order valence-corrected chi connectivity index (χ0v) is 10.3. The molecule has 6 heteroatoms. The van der Waals surface area contributed by atoms with Crippen molar-refractivity contribution in [2.75, 3.05) is 32.7 Å². The Labute approximate surface area is 101 Å². The van der Waals surface area contributed by atoms with Crippen molar-refractivity contribution in [3.05, 3.63) is 0 Å². The topological polar surface area (TPSA) is 86.9 Å². The first-order valence-electron chi connectivity index (χ1n) is 6.02. The Hall–Kier alpha value is -1.14. The second-order valence-corrected chi connectivity index (χ2v) is 4.39. The van der Waals surface area contributed by atoms with E-state index in [2.05, 4.69) is 4.90 Å². The fraction of sp³-hybridized carbons (Fsp3) is 0.818. The highest BCUT2D eigenvalue weighted by Crippen LogP contribution is 2.09. The molecule has 1 rings (SSSR count). The van der Waals surface area contributed by atoms with E-state index in [0.29, 0.717) is 19.5 Å². The van der Waals surface area contributed by atoms with Crippen molar-refractivity contribution >= 4 is 11.9 Å². The van der Waals surface area contributed by atoms with Crippen LogP contribution < -0.4 is 5.73 Å². The van der Waals surface area contributed by atoms with Crippen LogP contribution in [0.2, 0.25) is 0 Å². The number of hydrogen-bond acceptors (Lipinski definition) is 4. The highest BCUT2D eigenvalue weighted by Gasteiger charge is 2.24. The van der Waals surface area contributed by atoms with Crippen LogP contribution in [0.1, 0.15) is 19.8 Å². The van der Waals surface area contributed by atoms with Gasteiger partial charge in [0, 0.05) is 26.2 Å². The first-order valence-corrected chi connectivity index (χ1v) is 6.02. The fourth-order valence-electron chi connectivity index (χ4n) is 2.29. The average Bonchev–Trinajstić information content (AvgIpc) is 2.44. The summed E-state index contributed by atoms with van der Waals surface area (Å²) in [5.41, 5.74) is 5.36. The lowest BCUT2D eigenvalue weighted by Gasteiger charge is -2.27. The summed E-state index contributed by atoms with van der Waals surface area (Å²) in [5.74, 6) is -1.10. The van der Waals surface area contributed by atoms with Gasteiger partial charge in [-0.05, 0) is 12.8 Å². The van der Waals surface area contributed by atoms with Crippen molar-refractivity contribution in [3.63, 3.8) is 0 Å². The van der Waals surface area contributed by atoms with Crippen molar-refractivity contribution in [1.29, 1.82) is 0 Å². The van der Waals surface area contributed by atoms with Crippen LogP contribution in [0.15, 0.2) is 0 Å². The lowest BCUT2D eigenvalue weighted by molar-refractivity contribution is -0.138. The molecule has 0 saturated carbocycles. The van der Waals surface area contributed by atoms with E-state index in [1.807, 2.05) is 11.8 Å². The van der Waals surface area contributed by atoms with Gasteiger partial charge in [0.1, 0.15) is 0 Å². The molecule has 1 atom stereocenters. The Morgan fingerprint density at radius 2 is 2.00 bits per heavy atom. The van der Waals surface area contributed by atoms with E-state index < -0.39 is 5.97 Å². The number of rotatable bonds is 5. The molecule has 0 aromatic carbocycles. The zero-order valence-electron chi connectivity index (χ0n) is 10.3. The summed E-state index contributed by atoms with van der Waals surface area (Å²) in [7, 11) is 0. The van der Waals surface area contributed by atoms with Gasteiger partial charge >= 0.3 is 5.97 Å². The minimum atomic E-state index is -0.805. The number of carboxylic acids is 1. The molecule has 1 aliphatic rings. The summed E-state index contributed by atoms with van der Waals surface area (Å²) in [5, 5.41) is 8.74. The third-order valence-electron chi connectivity index (χ3n) is 3.14. The monoisotopic (exact) mass is 243 g/mol. The molecule has 1 aliphatic heterocycles. The van der Waals surface area contributed by atoms with Crippen LogP contribution in [-0.2, 0) is 9.59 Å². The molecule has 1 unspecified atom stereocenters. The smallest absolute Gasteiger partial charge is 0.317 e. The van der Waals surface area contributed by atoms with Gasteiger partial charge in [0.15, 0.2) is 0 Å². The maximum absolute atomic E-state index is 11.3. The molecule has 3 N–H and O–H groups in total. The number of aliphatic carboxylic acids is 1. The number of carboxylic acid groups (broad SMARTS) is 1. The molecule has 0 aliphatic carbocycles. The molecule has 98 valence electrons. The van der Waals surface area contributed by atoms with E-state index in [0.717, 1.165) is 19.5 Å². The minimum Gasteiger partial charge on any atom is -0.480 e. The summed E-state index contributed by atoms with van der Waals surface area (Å²) < 4.78 is 0. The maximum atomic E-state index is 11.3. The largest absolute Gasteiger partial charge is 0.480 e. The van der Waals surface area contributed by atoms with Gasteiger partial charge in [0.05, 0.1) is 12.6 Å². The van der Waals surface area contributed by atoms with E-state index in [9.17, 15) is 9.59 Å². The van der Waals surface area contributed by atoms with Crippen LogP contribution in [-0.4, -0.2) is 65.5 Å². The summed E-state index contributed by atoms with van der Waals surface area (Å²) >= 11 is 0. The third kappa shape index (κ3) is 4.32. The maximum Gasteiger partial charge on any atom is 0.317 e. The molecular formula is C11H21N3O3. The van der Waals surface area contributed by atoms with E-state index >= 15 is 0 Å². The predicted octanol–water partition coefficient (Wildman–Crippen LogP) is -0.657. The number of amides is 1. The molecule has 0 radical (unpaired) electrons. The molecule has 1 fully saturated rings.